The first-order chi connectivity index (χ1) is 13.6. The average molecular weight is 384 g/mol. The predicted octanol–water partition coefficient (Wildman–Crippen LogP) is 2.74. The maximum Gasteiger partial charge on any atom is 0.269 e. The van der Waals surface area contributed by atoms with Crippen molar-refractivity contribution in [3.8, 4) is 0 Å². The Hall–Kier alpha value is -2.70. The molecule has 0 aliphatic carbocycles. The lowest BCUT2D eigenvalue weighted by Crippen LogP contribution is -2.42. The van der Waals surface area contributed by atoms with E-state index in [1.165, 1.54) is 16.8 Å². The molecule has 6 nitrogen and oxygen atoms in total. The molecule has 7 heteroatoms. The molecule has 0 saturated carbocycles. The van der Waals surface area contributed by atoms with E-state index in [0.29, 0.717) is 6.54 Å². The fourth-order valence-electron chi connectivity index (χ4n) is 4.17. The second kappa shape index (κ2) is 8.12. The van der Waals surface area contributed by atoms with Gasteiger partial charge in [-0.2, -0.15) is 5.10 Å². The van der Waals surface area contributed by atoms with Crippen LogP contribution in [0.3, 0.4) is 0 Å². The Morgan fingerprint density at radius 3 is 2.50 bits per heavy atom. The van der Waals surface area contributed by atoms with Gasteiger partial charge in [-0.3, -0.25) is 9.59 Å². The zero-order valence-corrected chi connectivity index (χ0v) is 15.9. The van der Waals surface area contributed by atoms with Gasteiger partial charge in [0.2, 0.25) is 5.91 Å². The number of likely N-dealkylation sites (tertiary alicyclic amines) is 1. The van der Waals surface area contributed by atoms with Gasteiger partial charge in [-0.15, -0.1) is 0 Å². The van der Waals surface area contributed by atoms with E-state index < -0.39 is 0 Å². The molecule has 4 rings (SSSR count). The number of amides is 1. The Morgan fingerprint density at radius 2 is 1.79 bits per heavy atom. The van der Waals surface area contributed by atoms with Gasteiger partial charge in [0.25, 0.3) is 5.56 Å². The van der Waals surface area contributed by atoms with Gasteiger partial charge < -0.3 is 9.80 Å². The summed E-state index contributed by atoms with van der Waals surface area (Å²) in [6.45, 7) is 2.45. The molecule has 1 aromatic carbocycles. The van der Waals surface area contributed by atoms with Crippen molar-refractivity contribution in [1.82, 2.24) is 14.7 Å². The predicted molar refractivity (Wildman–Crippen MR) is 105 cm³/mol. The largest absolute Gasteiger partial charge is 0.370 e. The Morgan fingerprint density at radius 1 is 1.07 bits per heavy atom. The minimum Gasteiger partial charge on any atom is -0.370 e. The molecule has 0 spiro atoms. The summed E-state index contributed by atoms with van der Waals surface area (Å²) in [5.74, 6) is -0.413. The number of carbonyl (C=O) groups is 1. The molecule has 0 bridgehead atoms. The van der Waals surface area contributed by atoms with Gasteiger partial charge in [0, 0.05) is 25.7 Å². The molecule has 1 amide bonds. The third-order valence-corrected chi connectivity index (χ3v) is 5.69. The molecular weight excluding hydrogens is 359 g/mol. The Balaban J connectivity index is 1.50. The minimum atomic E-state index is -0.286. The zero-order valence-electron chi connectivity index (χ0n) is 15.9. The highest BCUT2D eigenvalue weighted by Crippen LogP contribution is 2.31. The molecule has 3 heterocycles. The molecule has 0 N–H and O–H groups in total. The van der Waals surface area contributed by atoms with Crippen molar-refractivity contribution in [1.29, 1.82) is 0 Å². The van der Waals surface area contributed by atoms with Gasteiger partial charge in [0.15, 0.2) is 0 Å². The highest BCUT2D eigenvalue weighted by molar-refractivity contribution is 5.76. The van der Waals surface area contributed by atoms with Crippen molar-refractivity contribution in [2.45, 2.75) is 44.7 Å². The molecule has 148 valence electrons. The van der Waals surface area contributed by atoms with Crippen molar-refractivity contribution in [3.05, 3.63) is 58.3 Å². The number of hydrogen-bond donors (Lipinski definition) is 0. The number of rotatable bonds is 4. The summed E-state index contributed by atoms with van der Waals surface area (Å²) in [7, 11) is 0. The molecule has 1 aromatic heterocycles. The third-order valence-electron chi connectivity index (χ3n) is 5.69. The third kappa shape index (κ3) is 3.93. The highest BCUT2D eigenvalue weighted by Gasteiger charge is 2.28. The van der Waals surface area contributed by atoms with Crippen LogP contribution in [0.1, 0.15) is 43.7 Å². The van der Waals surface area contributed by atoms with Crippen molar-refractivity contribution in [2.24, 2.45) is 0 Å². The average Bonchev–Trinajstić information content (AvgIpc) is 3.25. The SMILES string of the molecule is O=C(Cn1ncc(N2CCCC2)cc1=O)N1CCCCC1c1ccc(F)cc1. The van der Waals surface area contributed by atoms with Crippen LogP contribution in [0.5, 0.6) is 0 Å². The molecule has 0 radical (unpaired) electrons. The van der Waals surface area contributed by atoms with Crippen LogP contribution < -0.4 is 10.5 Å². The number of benzene rings is 1. The summed E-state index contributed by atoms with van der Waals surface area (Å²) in [6.07, 6.45) is 6.72. The van der Waals surface area contributed by atoms with Crippen LogP contribution >= 0.6 is 0 Å². The standard InChI is InChI=1S/C21H25FN4O2/c22-17-8-6-16(7-9-17)19-5-1-2-12-25(19)21(28)15-26-20(27)13-18(14-23-26)24-10-3-4-11-24/h6-9,13-14,19H,1-5,10-12,15H2. The van der Waals surface area contributed by atoms with Gasteiger partial charge in [-0.05, 0) is 49.8 Å². The number of aromatic nitrogens is 2. The fraction of sp³-hybridized carbons (Fsp3) is 0.476. The molecule has 28 heavy (non-hydrogen) atoms. The van der Waals surface area contributed by atoms with Crippen LogP contribution in [-0.2, 0) is 11.3 Å². The van der Waals surface area contributed by atoms with E-state index >= 15 is 0 Å². The van der Waals surface area contributed by atoms with Gasteiger partial charge in [-0.1, -0.05) is 12.1 Å². The second-order valence-electron chi connectivity index (χ2n) is 7.55. The maximum absolute atomic E-state index is 13.3. The molecule has 1 atom stereocenters. The zero-order chi connectivity index (χ0) is 19.5. The quantitative estimate of drug-likeness (QED) is 0.813. The Labute approximate surface area is 163 Å². The number of nitrogens with zero attached hydrogens (tertiary/aromatic N) is 4. The van der Waals surface area contributed by atoms with Crippen LogP contribution in [0.25, 0.3) is 0 Å². The molecule has 2 fully saturated rings. The van der Waals surface area contributed by atoms with Crippen molar-refractivity contribution >= 4 is 11.6 Å². The van der Waals surface area contributed by atoms with Crippen molar-refractivity contribution in [2.75, 3.05) is 24.5 Å². The van der Waals surface area contributed by atoms with Gasteiger partial charge in [-0.25, -0.2) is 9.07 Å². The Kier molecular flexibility index (Phi) is 5.41. The summed E-state index contributed by atoms with van der Waals surface area (Å²) < 4.78 is 14.5. The summed E-state index contributed by atoms with van der Waals surface area (Å²) in [6, 6.07) is 7.81. The minimum absolute atomic E-state index is 0.0726. The second-order valence-corrected chi connectivity index (χ2v) is 7.55. The lowest BCUT2D eigenvalue weighted by molar-refractivity contribution is -0.136. The smallest absolute Gasteiger partial charge is 0.269 e. The van der Waals surface area contributed by atoms with E-state index in [2.05, 4.69) is 10.00 Å². The van der Waals surface area contributed by atoms with Crippen LogP contribution in [0, 0.1) is 5.82 Å². The van der Waals surface area contributed by atoms with Crippen LogP contribution in [-0.4, -0.2) is 40.2 Å². The lowest BCUT2D eigenvalue weighted by Gasteiger charge is -2.36. The van der Waals surface area contributed by atoms with E-state index in [4.69, 9.17) is 0 Å². The van der Waals surface area contributed by atoms with E-state index in [9.17, 15) is 14.0 Å². The van der Waals surface area contributed by atoms with Gasteiger partial charge in [0.05, 0.1) is 17.9 Å². The monoisotopic (exact) mass is 384 g/mol. The molecule has 2 aromatic rings. The molecule has 1 unspecified atom stereocenters. The van der Waals surface area contributed by atoms with E-state index in [1.807, 2.05) is 0 Å². The first-order valence-corrected chi connectivity index (χ1v) is 9.99. The van der Waals surface area contributed by atoms with Crippen LogP contribution in [0.2, 0.25) is 0 Å². The summed E-state index contributed by atoms with van der Waals surface area (Å²) in [5.41, 5.74) is 1.50. The van der Waals surface area contributed by atoms with Gasteiger partial charge in [0.1, 0.15) is 12.4 Å². The number of halogens is 1. The van der Waals surface area contributed by atoms with E-state index in [1.54, 1.807) is 29.3 Å². The van der Waals surface area contributed by atoms with Crippen molar-refractivity contribution in [3.63, 3.8) is 0 Å². The van der Waals surface area contributed by atoms with Gasteiger partial charge >= 0.3 is 0 Å². The van der Waals surface area contributed by atoms with E-state index in [-0.39, 0.29) is 29.9 Å². The maximum atomic E-state index is 13.3. The first-order valence-electron chi connectivity index (χ1n) is 9.99. The van der Waals surface area contributed by atoms with Crippen LogP contribution in [0.4, 0.5) is 10.1 Å². The normalized spacial score (nSPS) is 19.8. The molecule has 2 aliphatic heterocycles. The van der Waals surface area contributed by atoms with E-state index in [0.717, 1.165) is 56.4 Å². The summed E-state index contributed by atoms with van der Waals surface area (Å²) >= 11 is 0. The number of hydrogen-bond acceptors (Lipinski definition) is 4. The number of piperidine rings is 1. The Bertz CT molecular complexity index is 890. The topological polar surface area (TPSA) is 58.4 Å². The summed E-state index contributed by atoms with van der Waals surface area (Å²) in [5, 5.41) is 4.23. The van der Waals surface area contributed by atoms with Crippen molar-refractivity contribution < 1.29 is 9.18 Å². The van der Waals surface area contributed by atoms with Crippen LogP contribution in [0.15, 0.2) is 41.3 Å². The fourth-order valence-corrected chi connectivity index (χ4v) is 4.17. The first kappa shape index (κ1) is 18.7. The molecule has 2 aliphatic rings. The number of carbonyl (C=O) groups excluding carboxylic acids is 1. The lowest BCUT2D eigenvalue weighted by atomic mass is 9.95. The molecular formula is C21H25FN4O2. The number of anilines is 1. The highest BCUT2D eigenvalue weighted by atomic mass is 19.1. The summed E-state index contributed by atoms with van der Waals surface area (Å²) in [4.78, 5) is 29.4. The molecule has 2 saturated heterocycles.